The van der Waals surface area contributed by atoms with Gasteiger partial charge in [-0.15, -0.1) is 10.2 Å². The minimum absolute atomic E-state index is 0.0499. The predicted octanol–water partition coefficient (Wildman–Crippen LogP) is 1.28. The first-order chi connectivity index (χ1) is 10.2. The van der Waals surface area contributed by atoms with Crippen molar-refractivity contribution in [1.29, 1.82) is 0 Å². The molecule has 8 nitrogen and oxygen atoms in total. The molecule has 2 heterocycles. The van der Waals surface area contributed by atoms with E-state index >= 15 is 0 Å². The zero-order chi connectivity index (χ0) is 14.7. The number of nitrogens with zero attached hydrogens (tertiary/aromatic N) is 5. The molecule has 0 atom stereocenters. The summed E-state index contributed by atoms with van der Waals surface area (Å²) in [6.07, 6.45) is 1.37. The number of benzene rings is 1. The van der Waals surface area contributed by atoms with E-state index in [2.05, 4.69) is 30.4 Å². The van der Waals surface area contributed by atoms with Gasteiger partial charge in [-0.05, 0) is 17.7 Å². The second-order valence-corrected chi connectivity index (χ2v) is 4.39. The molecule has 1 amide bonds. The van der Waals surface area contributed by atoms with Gasteiger partial charge in [-0.25, -0.2) is 0 Å². The first-order valence-corrected chi connectivity index (χ1v) is 6.26. The van der Waals surface area contributed by atoms with Crippen molar-refractivity contribution in [2.45, 2.75) is 13.5 Å². The number of nitrogens with one attached hydrogen (secondary N) is 1. The molecule has 3 rings (SSSR count). The monoisotopic (exact) mass is 284 g/mol. The average molecular weight is 284 g/mol. The van der Waals surface area contributed by atoms with Crippen LogP contribution in [0.3, 0.4) is 0 Å². The van der Waals surface area contributed by atoms with E-state index in [1.165, 1.54) is 11.1 Å². The lowest BCUT2D eigenvalue weighted by Gasteiger charge is -2.00. The fraction of sp³-hybridized carbons (Fsp3) is 0.154. The molecule has 106 valence electrons. The van der Waals surface area contributed by atoms with Crippen LogP contribution in [0.2, 0.25) is 0 Å². The molecule has 0 bridgehead atoms. The van der Waals surface area contributed by atoms with E-state index in [1.807, 2.05) is 31.2 Å². The van der Waals surface area contributed by atoms with Gasteiger partial charge in [-0.2, -0.15) is 4.80 Å². The van der Waals surface area contributed by atoms with Crippen molar-refractivity contribution in [3.63, 3.8) is 0 Å². The maximum absolute atomic E-state index is 11.8. The van der Waals surface area contributed by atoms with Gasteiger partial charge in [0.15, 0.2) is 5.82 Å². The topological polar surface area (TPSA) is 98.7 Å². The summed E-state index contributed by atoms with van der Waals surface area (Å²) >= 11 is 0. The molecular formula is C13H12N6O2. The fourth-order valence-corrected chi connectivity index (χ4v) is 1.83. The van der Waals surface area contributed by atoms with Gasteiger partial charge in [0.2, 0.25) is 11.7 Å². The van der Waals surface area contributed by atoms with E-state index in [0.29, 0.717) is 11.6 Å². The van der Waals surface area contributed by atoms with Crippen LogP contribution in [0, 0.1) is 6.92 Å². The molecule has 0 unspecified atom stereocenters. The molecule has 21 heavy (non-hydrogen) atoms. The zero-order valence-electron chi connectivity index (χ0n) is 11.2. The van der Waals surface area contributed by atoms with Crippen molar-refractivity contribution < 1.29 is 9.32 Å². The normalized spacial score (nSPS) is 10.5. The van der Waals surface area contributed by atoms with Crippen molar-refractivity contribution in [2.24, 2.45) is 0 Å². The van der Waals surface area contributed by atoms with E-state index in [9.17, 15) is 4.79 Å². The van der Waals surface area contributed by atoms with Crippen LogP contribution >= 0.6 is 0 Å². The largest absolute Gasteiger partial charge is 0.363 e. The summed E-state index contributed by atoms with van der Waals surface area (Å²) in [4.78, 5) is 13.0. The van der Waals surface area contributed by atoms with E-state index in [0.717, 1.165) is 11.1 Å². The maximum atomic E-state index is 11.8. The standard InChI is InChI=1S/C13H12N6O2/c1-9-4-2-3-5-10(9)13-15-18-19(16-13)8-12(20)14-11-6-7-21-17-11/h2-7H,8H2,1H3,(H,14,17,20). The lowest BCUT2D eigenvalue weighted by molar-refractivity contribution is -0.117. The number of carbonyl (C=O) groups is 1. The molecule has 0 aliphatic rings. The summed E-state index contributed by atoms with van der Waals surface area (Å²) < 4.78 is 4.63. The molecule has 1 aromatic carbocycles. The number of aryl methyl sites for hydroxylation is 1. The van der Waals surface area contributed by atoms with Gasteiger partial charge in [-0.3, -0.25) is 4.79 Å². The zero-order valence-corrected chi connectivity index (χ0v) is 11.2. The van der Waals surface area contributed by atoms with Gasteiger partial charge in [0.05, 0.1) is 0 Å². The summed E-state index contributed by atoms with van der Waals surface area (Å²) in [6, 6.07) is 9.26. The minimum atomic E-state index is -0.308. The molecule has 0 radical (unpaired) electrons. The molecule has 0 fully saturated rings. The summed E-state index contributed by atoms with van der Waals surface area (Å²) in [5.74, 6) is 0.527. The Bertz CT molecular complexity index is 750. The Hall–Kier alpha value is -3.03. The Morgan fingerprint density at radius 2 is 2.19 bits per heavy atom. The number of hydrogen-bond acceptors (Lipinski definition) is 6. The van der Waals surface area contributed by atoms with Gasteiger partial charge < -0.3 is 9.84 Å². The molecular weight excluding hydrogens is 272 g/mol. The number of carbonyl (C=O) groups excluding carboxylic acids is 1. The molecule has 8 heteroatoms. The smallest absolute Gasteiger partial charge is 0.249 e. The first kappa shape index (κ1) is 13.0. The average Bonchev–Trinajstić information content (AvgIpc) is 3.11. The highest BCUT2D eigenvalue weighted by molar-refractivity contribution is 5.89. The van der Waals surface area contributed by atoms with Crippen LogP contribution in [0.5, 0.6) is 0 Å². The summed E-state index contributed by atoms with van der Waals surface area (Å²) in [5, 5.41) is 18.2. The molecule has 0 aliphatic heterocycles. The SMILES string of the molecule is Cc1ccccc1-c1nnn(CC(=O)Nc2ccon2)n1. The van der Waals surface area contributed by atoms with E-state index < -0.39 is 0 Å². The third kappa shape index (κ3) is 2.94. The highest BCUT2D eigenvalue weighted by Crippen LogP contribution is 2.17. The molecule has 0 spiro atoms. The predicted molar refractivity (Wildman–Crippen MR) is 73.1 cm³/mol. The molecule has 1 N–H and O–H groups in total. The summed E-state index contributed by atoms with van der Waals surface area (Å²) in [6.45, 7) is 1.92. The van der Waals surface area contributed by atoms with Crippen LogP contribution in [-0.4, -0.2) is 31.3 Å². The third-order valence-electron chi connectivity index (χ3n) is 2.83. The quantitative estimate of drug-likeness (QED) is 0.774. The Morgan fingerprint density at radius 3 is 2.95 bits per heavy atom. The van der Waals surface area contributed by atoms with Crippen LogP contribution < -0.4 is 5.32 Å². The fourth-order valence-electron chi connectivity index (χ4n) is 1.83. The highest BCUT2D eigenvalue weighted by Gasteiger charge is 2.11. The van der Waals surface area contributed by atoms with Crippen molar-refractivity contribution >= 4 is 11.7 Å². The maximum Gasteiger partial charge on any atom is 0.249 e. The number of tetrazole rings is 1. The molecule has 0 saturated heterocycles. The van der Waals surface area contributed by atoms with Crippen LogP contribution in [0.1, 0.15) is 5.56 Å². The van der Waals surface area contributed by atoms with E-state index in [1.54, 1.807) is 6.07 Å². The van der Waals surface area contributed by atoms with Gasteiger partial charge >= 0.3 is 0 Å². The number of aromatic nitrogens is 5. The van der Waals surface area contributed by atoms with Crippen LogP contribution in [0.25, 0.3) is 11.4 Å². The van der Waals surface area contributed by atoms with E-state index in [4.69, 9.17) is 0 Å². The minimum Gasteiger partial charge on any atom is -0.363 e. The Morgan fingerprint density at radius 1 is 1.33 bits per heavy atom. The molecule has 3 aromatic rings. The van der Waals surface area contributed by atoms with Gasteiger partial charge in [0, 0.05) is 11.6 Å². The molecule has 0 saturated carbocycles. The second kappa shape index (κ2) is 5.53. The van der Waals surface area contributed by atoms with Crippen LogP contribution in [0.4, 0.5) is 5.82 Å². The summed E-state index contributed by atoms with van der Waals surface area (Å²) in [7, 11) is 0. The number of anilines is 1. The van der Waals surface area contributed by atoms with Crippen molar-refractivity contribution in [3.8, 4) is 11.4 Å². The lowest BCUT2D eigenvalue weighted by atomic mass is 10.1. The third-order valence-corrected chi connectivity index (χ3v) is 2.83. The van der Waals surface area contributed by atoms with Gasteiger partial charge in [0.25, 0.3) is 0 Å². The summed E-state index contributed by atoms with van der Waals surface area (Å²) in [5.41, 5.74) is 1.93. The Kier molecular flexibility index (Phi) is 3.42. The van der Waals surface area contributed by atoms with Crippen molar-refractivity contribution in [1.82, 2.24) is 25.4 Å². The van der Waals surface area contributed by atoms with Crippen molar-refractivity contribution in [3.05, 3.63) is 42.2 Å². The number of rotatable bonds is 4. The lowest BCUT2D eigenvalue weighted by Crippen LogP contribution is -2.20. The second-order valence-electron chi connectivity index (χ2n) is 4.39. The van der Waals surface area contributed by atoms with Crippen LogP contribution in [0.15, 0.2) is 41.1 Å². The molecule has 2 aromatic heterocycles. The number of hydrogen-bond donors (Lipinski definition) is 1. The van der Waals surface area contributed by atoms with Crippen molar-refractivity contribution in [2.75, 3.05) is 5.32 Å². The van der Waals surface area contributed by atoms with Crippen LogP contribution in [-0.2, 0) is 11.3 Å². The first-order valence-electron chi connectivity index (χ1n) is 6.26. The van der Waals surface area contributed by atoms with Gasteiger partial charge in [0.1, 0.15) is 12.8 Å². The van der Waals surface area contributed by atoms with Gasteiger partial charge in [-0.1, -0.05) is 29.4 Å². The number of amides is 1. The highest BCUT2D eigenvalue weighted by atomic mass is 16.5. The van der Waals surface area contributed by atoms with E-state index in [-0.39, 0.29) is 12.5 Å². The Balaban J connectivity index is 1.71. The Labute approximate surface area is 119 Å². The molecule has 0 aliphatic carbocycles.